The summed E-state index contributed by atoms with van der Waals surface area (Å²) in [6, 6.07) is 17.6. The minimum absolute atomic E-state index is 0.623. The molecule has 0 N–H and O–H groups in total. The molecule has 0 fully saturated rings. The van der Waals surface area contributed by atoms with Crippen molar-refractivity contribution in [3.63, 3.8) is 0 Å². The minimum atomic E-state index is -4.31. The van der Waals surface area contributed by atoms with Gasteiger partial charge < -0.3 is 0 Å². The molecule has 0 radical (unpaired) electrons. The van der Waals surface area contributed by atoms with E-state index in [-0.39, 0.29) is 0 Å². The molecule has 0 aliphatic rings. The lowest BCUT2D eigenvalue weighted by Crippen LogP contribution is -2.04. The Bertz CT molecular complexity index is 889. The molecular weight excluding hydrogens is 321 g/mol. The standard InChI is InChI=1S/C22H19F3/c1-14-13-15(2)21(16(3)20(14)17-7-5-4-6-8-17)18-9-11-19(12-10-18)22(23,24)25/h4-13H,1-3H3. The zero-order valence-electron chi connectivity index (χ0n) is 14.4. The highest BCUT2D eigenvalue weighted by Crippen LogP contribution is 2.38. The highest BCUT2D eigenvalue weighted by atomic mass is 19.4. The van der Waals surface area contributed by atoms with Gasteiger partial charge in [0, 0.05) is 0 Å². The second-order valence-corrected chi connectivity index (χ2v) is 6.33. The van der Waals surface area contributed by atoms with Gasteiger partial charge in [0.05, 0.1) is 5.56 Å². The van der Waals surface area contributed by atoms with E-state index in [0.717, 1.165) is 51.1 Å². The van der Waals surface area contributed by atoms with Crippen LogP contribution in [0, 0.1) is 20.8 Å². The maximum Gasteiger partial charge on any atom is 0.416 e. The van der Waals surface area contributed by atoms with Crippen LogP contribution in [-0.2, 0) is 6.18 Å². The molecule has 0 aromatic heterocycles. The highest BCUT2D eigenvalue weighted by molar-refractivity contribution is 5.82. The van der Waals surface area contributed by atoms with Crippen LogP contribution in [0.2, 0.25) is 0 Å². The van der Waals surface area contributed by atoms with Gasteiger partial charge in [-0.2, -0.15) is 13.2 Å². The fourth-order valence-corrected chi connectivity index (χ4v) is 3.50. The van der Waals surface area contributed by atoms with E-state index in [1.165, 1.54) is 0 Å². The van der Waals surface area contributed by atoms with Crippen molar-refractivity contribution in [3.8, 4) is 22.3 Å². The van der Waals surface area contributed by atoms with E-state index in [4.69, 9.17) is 0 Å². The van der Waals surface area contributed by atoms with Crippen LogP contribution in [0.4, 0.5) is 13.2 Å². The summed E-state index contributed by atoms with van der Waals surface area (Å²) in [5.74, 6) is 0. The summed E-state index contributed by atoms with van der Waals surface area (Å²) in [5.41, 5.74) is 6.75. The fraction of sp³-hybridized carbons (Fsp3) is 0.182. The van der Waals surface area contributed by atoms with E-state index in [1.54, 1.807) is 12.1 Å². The third-order valence-corrected chi connectivity index (χ3v) is 4.54. The highest BCUT2D eigenvalue weighted by Gasteiger charge is 2.30. The van der Waals surface area contributed by atoms with Gasteiger partial charge in [-0.1, -0.05) is 48.5 Å². The topological polar surface area (TPSA) is 0 Å². The molecule has 25 heavy (non-hydrogen) atoms. The quantitative estimate of drug-likeness (QED) is 0.473. The summed E-state index contributed by atoms with van der Waals surface area (Å²) >= 11 is 0. The van der Waals surface area contributed by atoms with E-state index >= 15 is 0 Å². The van der Waals surface area contributed by atoms with Crippen molar-refractivity contribution < 1.29 is 13.2 Å². The summed E-state index contributed by atoms with van der Waals surface area (Å²) in [6.45, 7) is 6.11. The number of halogens is 3. The number of aryl methyl sites for hydroxylation is 2. The molecule has 0 saturated heterocycles. The van der Waals surface area contributed by atoms with E-state index in [1.807, 2.05) is 32.0 Å². The van der Waals surface area contributed by atoms with Gasteiger partial charge in [-0.15, -0.1) is 0 Å². The Balaban J connectivity index is 2.17. The average molecular weight is 340 g/mol. The van der Waals surface area contributed by atoms with Gasteiger partial charge >= 0.3 is 6.18 Å². The first-order valence-electron chi connectivity index (χ1n) is 8.13. The lowest BCUT2D eigenvalue weighted by atomic mass is 9.86. The molecule has 0 amide bonds. The van der Waals surface area contributed by atoms with E-state index in [0.29, 0.717) is 0 Å². The third kappa shape index (κ3) is 3.32. The molecule has 0 nitrogen and oxygen atoms in total. The van der Waals surface area contributed by atoms with Crippen LogP contribution in [0.25, 0.3) is 22.3 Å². The summed E-state index contributed by atoms with van der Waals surface area (Å²) in [5, 5.41) is 0. The second-order valence-electron chi connectivity index (χ2n) is 6.33. The van der Waals surface area contributed by atoms with E-state index < -0.39 is 11.7 Å². The molecule has 0 saturated carbocycles. The predicted molar refractivity (Wildman–Crippen MR) is 96.5 cm³/mol. The first-order valence-corrected chi connectivity index (χ1v) is 8.13. The smallest absolute Gasteiger partial charge is 0.166 e. The monoisotopic (exact) mass is 340 g/mol. The summed E-state index contributed by atoms with van der Waals surface area (Å²) in [6.07, 6.45) is -4.31. The molecule has 0 unspecified atom stereocenters. The number of hydrogen-bond donors (Lipinski definition) is 0. The third-order valence-electron chi connectivity index (χ3n) is 4.54. The molecule has 0 atom stereocenters. The molecule has 0 aliphatic heterocycles. The normalized spacial score (nSPS) is 11.6. The number of alkyl halides is 3. The fourth-order valence-electron chi connectivity index (χ4n) is 3.50. The van der Waals surface area contributed by atoms with Gasteiger partial charge in [-0.05, 0) is 71.8 Å². The second kappa shape index (κ2) is 6.40. The average Bonchev–Trinajstić information content (AvgIpc) is 2.55. The first kappa shape index (κ1) is 17.3. The van der Waals surface area contributed by atoms with Crippen molar-refractivity contribution in [2.45, 2.75) is 26.9 Å². The van der Waals surface area contributed by atoms with Crippen LogP contribution < -0.4 is 0 Å². The van der Waals surface area contributed by atoms with Crippen molar-refractivity contribution >= 4 is 0 Å². The summed E-state index contributed by atoms with van der Waals surface area (Å²) in [4.78, 5) is 0. The van der Waals surface area contributed by atoms with Crippen molar-refractivity contribution in [2.24, 2.45) is 0 Å². The molecule has 0 aliphatic carbocycles. The number of rotatable bonds is 2. The zero-order valence-corrected chi connectivity index (χ0v) is 14.4. The van der Waals surface area contributed by atoms with Crippen LogP contribution in [0.5, 0.6) is 0 Å². The maximum atomic E-state index is 12.8. The maximum absolute atomic E-state index is 12.8. The Morgan fingerprint density at radius 2 is 1.12 bits per heavy atom. The lowest BCUT2D eigenvalue weighted by molar-refractivity contribution is -0.137. The SMILES string of the molecule is Cc1cc(C)c(-c2ccc(C(F)(F)F)cc2)c(C)c1-c1ccccc1. The zero-order chi connectivity index (χ0) is 18.2. The van der Waals surface area contributed by atoms with Crippen LogP contribution >= 0.6 is 0 Å². The van der Waals surface area contributed by atoms with Crippen molar-refractivity contribution in [3.05, 3.63) is 82.9 Å². The Labute approximate surface area is 146 Å². The summed E-state index contributed by atoms with van der Waals surface area (Å²) < 4.78 is 38.5. The molecule has 3 rings (SSSR count). The van der Waals surface area contributed by atoms with Gasteiger partial charge in [0.25, 0.3) is 0 Å². The van der Waals surface area contributed by atoms with Crippen molar-refractivity contribution in [1.82, 2.24) is 0 Å². The molecule has 0 heterocycles. The summed E-state index contributed by atoms with van der Waals surface area (Å²) in [7, 11) is 0. The molecule has 3 aromatic rings. The molecule has 3 heteroatoms. The van der Waals surface area contributed by atoms with Crippen molar-refractivity contribution in [1.29, 1.82) is 0 Å². The van der Waals surface area contributed by atoms with Crippen molar-refractivity contribution in [2.75, 3.05) is 0 Å². The lowest BCUT2D eigenvalue weighted by Gasteiger charge is -2.18. The first-order chi connectivity index (χ1) is 11.8. The van der Waals surface area contributed by atoms with Crippen LogP contribution in [-0.4, -0.2) is 0 Å². The Morgan fingerprint density at radius 1 is 0.640 bits per heavy atom. The van der Waals surface area contributed by atoms with Gasteiger partial charge in [0.2, 0.25) is 0 Å². The van der Waals surface area contributed by atoms with Gasteiger partial charge in [0.15, 0.2) is 0 Å². The molecule has 0 bridgehead atoms. The van der Waals surface area contributed by atoms with E-state index in [9.17, 15) is 13.2 Å². The molecule has 0 spiro atoms. The molecule has 3 aromatic carbocycles. The number of hydrogen-bond acceptors (Lipinski definition) is 0. The molecule has 128 valence electrons. The predicted octanol–water partition coefficient (Wildman–Crippen LogP) is 6.96. The van der Waals surface area contributed by atoms with Crippen LogP contribution in [0.15, 0.2) is 60.7 Å². The van der Waals surface area contributed by atoms with E-state index in [2.05, 4.69) is 25.1 Å². The largest absolute Gasteiger partial charge is 0.416 e. The van der Waals surface area contributed by atoms with Gasteiger partial charge in [-0.3, -0.25) is 0 Å². The minimum Gasteiger partial charge on any atom is -0.166 e. The Hall–Kier alpha value is -2.55. The van der Waals surface area contributed by atoms with Crippen LogP contribution in [0.1, 0.15) is 22.3 Å². The van der Waals surface area contributed by atoms with Gasteiger partial charge in [0.1, 0.15) is 0 Å². The van der Waals surface area contributed by atoms with Crippen LogP contribution in [0.3, 0.4) is 0 Å². The van der Waals surface area contributed by atoms with Gasteiger partial charge in [-0.25, -0.2) is 0 Å². The Morgan fingerprint density at radius 3 is 1.60 bits per heavy atom. The molecular formula is C22H19F3. The Kier molecular flexibility index (Phi) is 4.42. The number of benzene rings is 3.